The van der Waals surface area contributed by atoms with E-state index in [4.69, 9.17) is 0 Å². The fourth-order valence-electron chi connectivity index (χ4n) is 3.30. The van der Waals surface area contributed by atoms with Crippen LogP contribution in [0.3, 0.4) is 0 Å². The molecule has 6 heteroatoms. The van der Waals surface area contributed by atoms with Gasteiger partial charge in [-0.15, -0.1) is 0 Å². The maximum atomic E-state index is 12.4. The van der Waals surface area contributed by atoms with Crippen LogP contribution in [0.4, 0.5) is 0 Å². The fourth-order valence-corrected chi connectivity index (χ4v) is 3.30. The van der Waals surface area contributed by atoms with Gasteiger partial charge in [0.25, 0.3) is 0 Å². The Morgan fingerprint density at radius 3 is 2.96 bits per heavy atom. The highest BCUT2D eigenvalue weighted by molar-refractivity contribution is 5.87. The van der Waals surface area contributed by atoms with E-state index < -0.39 is 0 Å². The lowest BCUT2D eigenvalue weighted by Gasteiger charge is -2.21. The molecule has 25 heavy (non-hydrogen) atoms. The monoisotopic (exact) mass is 335 g/mol. The largest absolute Gasteiger partial charge is 0.307 e. The van der Waals surface area contributed by atoms with E-state index in [9.17, 15) is 4.79 Å². The van der Waals surface area contributed by atoms with Crippen molar-refractivity contribution < 1.29 is 4.79 Å². The first kappa shape index (κ1) is 15.9. The van der Waals surface area contributed by atoms with Crippen LogP contribution in [0.25, 0.3) is 22.0 Å². The first-order valence-corrected chi connectivity index (χ1v) is 8.70. The van der Waals surface area contributed by atoms with E-state index >= 15 is 0 Å². The maximum absolute atomic E-state index is 12.4. The molecule has 1 aliphatic heterocycles. The van der Waals surface area contributed by atoms with Gasteiger partial charge in [0, 0.05) is 30.4 Å². The molecule has 3 heterocycles. The molecule has 0 bridgehead atoms. The van der Waals surface area contributed by atoms with Crippen LogP contribution in [0.15, 0.2) is 36.8 Å². The number of nitrogens with zero attached hydrogens (tertiary/aromatic N) is 4. The number of aromatic nitrogens is 4. The van der Waals surface area contributed by atoms with Crippen molar-refractivity contribution in [2.75, 3.05) is 6.54 Å². The van der Waals surface area contributed by atoms with Crippen LogP contribution in [0.2, 0.25) is 0 Å². The van der Waals surface area contributed by atoms with Gasteiger partial charge >= 0.3 is 0 Å². The Kier molecular flexibility index (Phi) is 4.28. The number of rotatable bonds is 4. The number of Topliss-reactive ketones (excluding diaryl/α,β-unsaturated/α-hetero) is 1. The van der Waals surface area contributed by atoms with Crippen molar-refractivity contribution >= 4 is 16.7 Å². The summed E-state index contributed by atoms with van der Waals surface area (Å²) in [5, 5.41) is 8.48. The molecule has 4 rings (SSSR count). The lowest BCUT2D eigenvalue weighted by Crippen LogP contribution is -2.41. The van der Waals surface area contributed by atoms with Crippen molar-refractivity contribution in [1.82, 2.24) is 25.1 Å². The van der Waals surface area contributed by atoms with E-state index in [2.05, 4.69) is 20.4 Å². The molecular formula is C19H21N5O. The average molecular weight is 335 g/mol. The minimum absolute atomic E-state index is 0.0465. The summed E-state index contributed by atoms with van der Waals surface area (Å²) in [5.74, 6) is 0.774. The van der Waals surface area contributed by atoms with E-state index in [-0.39, 0.29) is 18.2 Å². The van der Waals surface area contributed by atoms with Gasteiger partial charge in [0.1, 0.15) is 5.82 Å². The van der Waals surface area contributed by atoms with E-state index in [0.717, 1.165) is 47.8 Å². The molecule has 6 nitrogen and oxygen atoms in total. The van der Waals surface area contributed by atoms with Gasteiger partial charge in [-0.2, -0.15) is 5.10 Å². The lowest BCUT2D eigenvalue weighted by molar-refractivity contribution is -0.121. The SMILES string of the molecule is Cn1cc(-c2ccc3cnc(CC(=O)[C@@H]4CCCCN4)nc3c2)cn1. The van der Waals surface area contributed by atoms with Crippen LogP contribution in [-0.2, 0) is 18.3 Å². The summed E-state index contributed by atoms with van der Waals surface area (Å²) in [6.45, 7) is 0.920. The van der Waals surface area contributed by atoms with Gasteiger partial charge in [-0.25, -0.2) is 9.97 Å². The smallest absolute Gasteiger partial charge is 0.157 e. The molecule has 0 spiro atoms. The minimum Gasteiger partial charge on any atom is -0.307 e. The molecule has 1 aromatic carbocycles. The summed E-state index contributed by atoms with van der Waals surface area (Å²) in [6.07, 6.45) is 9.06. The van der Waals surface area contributed by atoms with Gasteiger partial charge in [0.05, 0.1) is 24.2 Å². The molecule has 1 fully saturated rings. The van der Waals surface area contributed by atoms with E-state index in [1.807, 2.05) is 37.6 Å². The summed E-state index contributed by atoms with van der Waals surface area (Å²) < 4.78 is 1.78. The third-order valence-electron chi connectivity index (χ3n) is 4.70. The summed E-state index contributed by atoms with van der Waals surface area (Å²) in [6, 6.07) is 6.03. The molecule has 128 valence electrons. The molecule has 0 radical (unpaired) electrons. The second kappa shape index (κ2) is 6.72. The summed E-state index contributed by atoms with van der Waals surface area (Å²) in [5.41, 5.74) is 2.97. The molecule has 0 aliphatic carbocycles. The van der Waals surface area contributed by atoms with Gasteiger partial charge in [0.15, 0.2) is 5.78 Å². The number of nitrogens with one attached hydrogen (secondary N) is 1. The highest BCUT2D eigenvalue weighted by Gasteiger charge is 2.21. The van der Waals surface area contributed by atoms with Crippen molar-refractivity contribution in [3.05, 3.63) is 42.6 Å². The number of carbonyl (C=O) groups excluding carboxylic acids is 1. The van der Waals surface area contributed by atoms with Crippen LogP contribution < -0.4 is 5.32 Å². The zero-order valence-corrected chi connectivity index (χ0v) is 14.3. The minimum atomic E-state index is -0.0465. The van der Waals surface area contributed by atoms with Gasteiger partial charge < -0.3 is 5.32 Å². The highest BCUT2D eigenvalue weighted by atomic mass is 16.1. The third-order valence-corrected chi connectivity index (χ3v) is 4.70. The number of piperidine rings is 1. The van der Waals surface area contributed by atoms with Crippen molar-refractivity contribution in [3.8, 4) is 11.1 Å². The molecule has 1 atom stereocenters. The molecular weight excluding hydrogens is 314 g/mol. The Morgan fingerprint density at radius 2 is 2.20 bits per heavy atom. The van der Waals surface area contributed by atoms with Gasteiger partial charge in [-0.3, -0.25) is 9.48 Å². The number of aryl methyl sites for hydroxylation is 1. The molecule has 1 aliphatic rings. The molecule has 0 saturated carbocycles. The number of hydrogen-bond acceptors (Lipinski definition) is 5. The van der Waals surface area contributed by atoms with Gasteiger partial charge in [-0.1, -0.05) is 18.6 Å². The third kappa shape index (κ3) is 3.44. The predicted octanol–water partition coefficient (Wildman–Crippen LogP) is 2.28. The Labute approximate surface area is 146 Å². The molecule has 0 unspecified atom stereocenters. The number of benzene rings is 1. The lowest BCUT2D eigenvalue weighted by atomic mass is 9.99. The van der Waals surface area contributed by atoms with Crippen LogP contribution in [-0.4, -0.2) is 38.1 Å². The van der Waals surface area contributed by atoms with Crippen LogP contribution >= 0.6 is 0 Å². The zero-order chi connectivity index (χ0) is 17.2. The fraction of sp³-hybridized carbons (Fsp3) is 0.368. The summed E-state index contributed by atoms with van der Waals surface area (Å²) in [4.78, 5) is 21.4. The van der Waals surface area contributed by atoms with E-state index in [1.165, 1.54) is 0 Å². The van der Waals surface area contributed by atoms with E-state index in [0.29, 0.717) is 5.82 Å². The van der Waals surface area contributed by atoms with Crippen molar-refractivity contribution in [1.29, 1.82) is 0 Å². The molecule has 2 aromatic heterocycles. The second-order valence-electron chi connectivity index (χ2n) is 6.61. The van der Waals surface area contributed by atoms with Crippen LogP contribution in [0, 0.1) is 0 Å². The van der Waals surface area contributed by atoms with Crippen molar-refractivity contribution in [3.63, 3.8) is 0 Å². The Morgan fingerprint density at radius 1 is 1.28 bits per heavy atom. The second-order valence-corrected chi connectivity index (χ2v) is 6.61. The summed E-state index contributed by atoms with van der Waals surface area (Å²) >= 11 is 0. The maximum Gasteiger partial charge on any atom is 0.157 e. The summed E-state index contributed by atoms with van der Waals surface area (Å²) in [7, 11) is 1.90. The number of fused-ring (bicyclic) bond motifs is 1. The Bertz CT molecular complexity index is 911. The van der Waals surface area contributed by atoms with Crippen LogP contribution in [0.5, 0.6) is 0 Å². The first-order chi connectivity index (χ1) is 12.2. The molecule has 0 amide bonds. The van der Waals surface area contributed by atoms with Gasteiger partial charge in [0.2, 0.25) is 0 Å². The molecule has 3 aromatic rings. The Balaban J connectivity index is 1.59. The molecule has 1 saturated heterocycles. The first-order valence-electron chi connectivity index (χ1n) is 8.70. The topological polar surface area (TPSA) is 72.7 Å². The predicted molar refractivity (Wildman–Crippen MR) is 96.1 cm³/mol. The van der Waals surface area contributed by atoms with Crippen LogP contribution in [0.1, 0.15) is 25.1 Å². The average Bonchev–Trinajstić information content (AvgIpc) is 3.08. The Hall–Kier alpha value is -2.60. The van der Waals surface area contributed by atoms with E-state index in [1.54, 1.807) is 10.9 Å². The van der Waals surface area contributed by atoms with Gasteiger partial charge in [-0.05, 0) is 31.0 Å². The van der Waals surface area contributed by atoms with Crippen molar-refractivity contribution in [2.24, 2.45) is 7.05 Å². The number of ketones is 1. The number of carbonyl (C=O) groups is 1. The standard InChI is InChI=1S/C19H21N5O/c1-24-12-15(11-22-24)13-5-6-14-10-21-19(23-17(14)8-13)9-18(25)16-4-2-3-7-20-16/h5-6,8,10-12,16,20H,2-4,7,9H2,1H3/t16-/m0/s1. The normalized spacial score (nSPS) is 17.7. The molecule has 1 N–H and O–H groups in total. The van der Waals surface area contributed by atoms with Crippen molar-refractivity contribution in [2.45, 2.75) is 31.7 Å². The number of hydrogen-bond donors (Lipinski definition) is 1. The zero-order valence-electron chi connectivity index (χ0n) is 14.3. The highest BCUT2D eigenvalue weighted by Crippen LogP contribution is 2.23. The quantitative estimate of drug-likeness (QED) is 0.792.